The maximum Gasteiger partial charge on any atom is 0.295 e. The van der Waals surface area contributed by atoms with Gasteiger partial charge in [0.15, 0.2) is 0 Å². The first-order valence-corrected chi connectivity index (χ1v) is 8.78. The van der Waals surface area contributed by atoms with Crippen molar-refractivity contribution in [2.75, 3.05) is 27.2 Å². The van der Waals surface area contributed by atoms with Gasteiger partial charge in [0.1, 0.15) is 11.6 Å². The zero-order valence-electron chi connectivity index (χ0n) is 15.3. The van der Waals surface area contributed by atoms with Crippen LogP contribution in [0.25, 0.3) is 5.76 Å². The number of quaternary nitrogens is 1. The van der Waals surface area contributed by atoms with Crippen molar-refractivity contribution < 1.29 is 24.0 Å². The van der Waals surface area contributed by atoms with E-state index in [2.05, 4.69) is 0 Å². The van der Waals surface area contributed by atoms with Gasteiger partial charge in [-0.25, -0.2) is 4.39 Å². The van der Waals surface area contributed by atoms with Crippen molar-refractivity contribution in [3.05, 3.63) is 77.1 Å². The number of rotatable bonds is 5. The second kappa shape index (κ2) is 7.72. The van der Waals surface area contributed by atoms with Crippen LogP contribution in [0.15, 0.2) is 60.2 Å². The van der Waals surface area contributed by atoms with E-state index in [9.17, 15) is 19.1 Å². The predicted octanol–water partition coefficient (Wildman–Crippen LogP) is 1.39. The molecule has 1 atom stereocenters. The molecular weight excluding hydrogens is 347 g/mol. The highest BCUT2D eigenvalue weighted by Gasteiger charge is 2.46. The van der Waals surface area contributed by atoms with Crippen molar-refractivity contribution in [2.24, 2.45) is 0 Å². The van der Waals surface area contributed by atoms with Crippen LogP contribution in [-0.2, 0) is 9.59 Å². The fourth-order valence-corrected chi connectivity index (χ4v) is 3.23. The van der Waals surface area contributed by atoms with E-state index in [0.29, 0.717) is 24.2 Å². The van der Waals surface area contributed by atoms with Crippen LogP contribution in [0.5, 0.6) is 0 Å². The molecule has 0 aliphatic carbocycles. The van der Waals surface area contributed by atoms with Crippen LogP contribution < -0.4 is 4.90 Å². The normalized spacial score (nSPS) is 19.1. The van der Waals surface area contributed by atoms with E-state index in [1.165, 1.54) is 23.1 Å². The maximum absolute atomic E-state index is 13.8. The standard InChI is InChI=1S/C21H21FN2O3/c1-23(2)11-12-24-18(15-9-6-10-16(22)13-15)17(20(26)21(24)27)19(25)14-7-4-3-5-8-14/h3-10,13,18,25H,11-12H2,1-2H3/p+1/t18-/m0/s1. The lowest BCUT2D eigenvalue weighted by molar-refractivity contribution is -0.857. The number of nitrogens with zero attached hydrogens (tertiary/aromatic N) is 1. The summed E-state index contributed by atoms with van der Waals surface area (Å²) in [5.41, 5.74) is 0.890. The van der Waals surface area contributed by atoms with Crippen LogP contribution in [0.2, 0.25) is 0 Å². The summed E-state index contributed by atoms with van der Waals surface area (Å²) in [6.07, 6.45) is 0. The molecule has 2 aromatic rings. The SMILES string of the molecule is C[NH+](C)CCN1C(=O)C(=O)C(=C(O)c2ccccc2)[C@@H]1c1cccc(F)c1. The van der Waals surface area contributed by atoms with E-state index >= 15 is 0 Å². The topological polar surface area (TPSA) is 62.0 Å². The molecule has 2 aromatic carbocycles. The van der Waals surface area contributed by atoms with Gasteiger partial charge in [0, 0.05) is 5.56 Å². The molecule has 0 unspecified atom stereocenters. The third kappa shape index (κ3) is 3.75. The summed E-state index contributed by atoms with van der Waals surface area (Å²) in [6.45, 7) is 0.934. The number of likely N-dealkylation sites (tertiary alicyclic amines) is 1. The molecule has 0 saturated carbocycles. The van der Waals surface area contributed by atoms with Crippen molar-refractivity contribution in [3.8, 4) is 0 Å². The molecule has 0 radical (unpaired) electrons. The molecule has 1 saturated heterocycles. The molecule has 1 fully saturated rings. The number of Topliss-reactive ketones (excluding diaryl/α,β-unsaturated/α-hetero) is 1. The fraction of sp³-hybridized carbons (Fsp3) is 0.238. The summed E-state index contributed by atoms with van der Waals surface area (Å²) in [4.78, 5) is 27.9. The van der Waals surface area contributed by atoms with Crippen LogP contribution in [0, 0.1) is 5.82 Å². The molecule has 1 amide bonds. The summed E-state index contributed by atoms with van der Waals surface area (Å²) in [5, 5.41) is 10.8. The number of nitrogens with one attached hydrogen (secondary N) is 1. The number of aliphatic hydroxyl groups is 1. The number of halogens is 1. The molecule has 1 aliphatic heterocycles. The van der Waals surface area contributed by atoms with Gasteiger partial charge in [0.05, 0.1) is 38.8 Å². The van der Waals surface area contributed by atoms with Crippen molar-refractivity contribution in [1.82, 2.24) is 4.90 Å². The number of hydrogen-bond acceptors (Lipinski definition) is 3. The second-order valence-corrected chi connectivity index (χ2v) is 6.87. The van der Waals surface area contributed by atoms with Gasteiger partial charge in [-0.1, -0.05) is 42.5 Å². The first-order valence-electron chi connectivity index (χ1n) is 8.78. The van der Waals surface area contributed by atoms with Gasteiger partial charge in [-0.2, -0.15) is 0 Å². The number of carbonyl (C=O) groups excluding carboxylic acids is 2. The Morgan fingerprint density at radius 3 is 2.44 bits per heavy atom. The zero-order valence-corrected chi connectivity index (χ0v) is 15.3. The van der Waals surface area contributed by atoms with E-state index in [-0.39, 0.29) is 11.3 Å². The summed E-state index contributed by atoms with van der Waals surface area (Å²) in [6, 6.07) is 13.6. The van der Waals surface area contributed by atoms with E-state index < -0.39 is 23.5 Å². The van der Waals surface area contributed by atoms with Crippen LogP contribution in [-0.4, -0.2) is 48.9 Å². The highest BCUT2D eigenvalue weighted by Crippen LogP contribution is 2.39. The minimum atomic E-state index is -0.819. The Labute approximate surface area is 157 Å². The molecule has 0 aromatic heterocycles. The summed E-state index contributed by atoms with van der Waals surface area (Å²) >= 11 is 0. The smallest absolute Gasteiger partial charge is 0.295 e. The summed E-state index contributed by atoms with van der Waals surface area (Å²) in [5.74, 6) is -2.14. The molecule has 140 valence electrons. The predicted molar refractivity (Wildman–Crippen MR) is 99.5 cm³/mol. The Morgan fingerprint density at radius 2 is 1.81 bits per heavy atom. The Bertz CT molecular complexity index is 893. The van der Waals surface area contributed by atoms with E-state index in [4.69, 9.17) is 0 Å². The van der Waals surface area contributed by atoms with Crippen molar-refractivity contribution in [1.29, 1.82) is 0 Å². The molecule has 3 rings (SSSR count). The minimum Gasteiger partial charge on any atom is -0.507 e. The van der Waals surface area contributed by atoms with Gasteiger partial charge in [-0.15, -0.1) is 0 Å². The lowest BCUT2D eigenvalue weighted by atomic mass is 9.95. The number of aliphatic hydroxyl groups excluding tert-OH is 1. The Morgan fingerprint density at radius 1 is 1.11 bits per heavy atom. The fourth-order valence-electron chi connectivity index (χ4n) is 3.23. The third-order valence-corrected chi connectivity index (χ3v) is 4.60. The van der Waals surface area contributed by atoms with Crippen molar-refractivity contribution >= 4 is 17.4 Å². The van der Waals surface area contributed by atoms with Crippen molar-refractivity contribution in [3.63, 3.8) is 0 Å². The maximum atomic E-state index is 13.8. The Hall–Kier alpha value is -2.99. The number of amides is 1. The molecule has 2 N–H and O–H groups in total. The van der Waals surface area contributed by atoms with Crippen LogP contribution in [0.1, 0.15) is 17.2 Å². The lowest BCUT2D eigenvalue weighted by Crippen LogP contribution is -3.06. The van der Waals surface area contributed by atoms with Gasteiger partial charge in [-0.05, 0) is 17.7 Å². The average molecular weight is 369 g/mol. The highest BCUT2D eigenvalue weighted by atomic mass is 19.1. The lowest BCUT2D eigenvalue weighted by Gasteiger charge is -2.25. The largest absolute Gasteiger partial charge is 0.507 e. The van der Waals surface area contributed by atoms with E-state index in [1.54, 1.807) is 36.4 Å². The third-order valence-electron chi connectivity index (χ3n) is 4.60. The molecule has 0 spiro atoms. The highest BCUT2D eigenvalue weighted by molar-refractivity contribution is 6.46. The monoisotopic (exact) mass is 369 g/mol. The van der Waals surface area contributed by atoms with Gasteiger partial charge < -0.3 is 14.9 Å². The number of ketones is 1. The summed E-state index contributed by atoms with van der Waals surface area (Å²) < 4.78 is 13.8. The van der Waals surface area contributed by atoms with E-state index in [0.717, 1.165) is 4.90 Å². The van der Waals surface area contributed by atoms with Crippen LogP contribution in [0.3, 0.4) is 0 Å². The van der Waals surface area contributed by atoms with Gasteiger partial charge in [0.25, 0.3) is 11.7 Å². The van der Waals surface area contributed by atoms with Crippen LogP contribution >= 0.6 is 0 Å². The summed E-state index contributed by atoms with van der Waals surface area (Å²) in [7, 11) is 3.88. The van der Waals surface area contributed by atoms with Crippen LogP contribution in [0.4, 0.5) is 4.39 Å². The molecule has 1 heterocycles. The average Bonchev–Trinajstić information content (AvgIpc) is 2.91. The molecular formula is C21H22FN2O3+. The minimum absolute atomic E-state index is 0.00874. The number of hydrogen-bond donors (Lipinski definition) is 2. The number of likely N-dealkylation sites (N-methyl/N-ethyl adjacent to an activating group) is 1. The number of carbonyl (C=O) groups is 2. The molecule has 6 heteroatoms. The van der Waals surface area contributed by atoms with Gasteiger partial charge >= 0.3 is 0 Å². The second-order valence-electron chi connectivity index (χ2n) is 6.87. The number of benzene rings is 2. The van der Waals surface area contributed by atoms with Gasteiger partial charge in [0.2, 0.25) is 0 Å². The van der Waals surface area contributed by atoms with Crippen molar-refractivity contribution in [2.45, 2.75) is 6.04 Å². The van der Waals surface area contributed by atoms with Gasteiger partial charge in [-0.3, -0.25) is 9.59 Å². The Kier molecular flexibility index (Phi) is 5.37. The molecule has 27 heavy (non-hydrogen) atoms. The first-order chi connectivity index (χ1) is 12.9. The molecule has 1 aliphatic rings. The zero-order chi connectivity index (χ0) is 19.6. The quantitative estimate of drug-likeness (QED) is 0.476. The molecule has 5 nitrogen and oxygen atoms in total. The molecule has 0 bridgehead atoms. The van der Waals surface area contributed by atoms with E-state index in [1.807, 2.05) is 14.1 Å². The first kappa shape index (κ1) is 18.8. The Balaban J connectivity index is 2.15.